The number of ketones is 1. The maximum Gasteiger partial charge on any atom is 0.309 e. The Hall–Kier alpha value is -2.56. The summed E-state index contributed by atoms with van der Waals surface area (Å²) in [5.41, 5.74) is -0.0867. The number of hydrogen-bond donors (Lipinski definition) is 2. The lowest BCUT2D eigenvalue weighted by Gasteiger charge is -2.34. The first-order valence-corrected chi connectivity index (χ1v) is 14.7. The minimum atomic E-state index is -1.28. The van der Waals surface area contributed by atoms with E-state index in [0.717, 1.165) is 24.8 Å². The van der Waals surface area contributed by atoms with Gasteiger partial charge in [0.25, 0.3) is 0 Å². The molecule has 2 fully saturated rings. The number of aryl methyl sites for hydroxylation is 1. The summed E-state index contributed by atoms with van der Waals surface area (Å²) in [4.78, 5) is 44.6. The molecule has 0 amide bonds. The van der Waals surface area contributed by atoms with Gasteiger partial charge in [-0.15, -0.1) is 0 Å². The zero-order chi connectivity index (χ0) is 30.7. The molecular formula is C31H48N2O8. The van der Waals surface area contributed by atoms with Crippen molar-refractivity contribution in [3.63, 3.8) is 0 Å². The number of cyclic esters (lactones) is 1. The quantitative estimate of drug-likeness (QED) is 0.392. The fourth-order valence-electron chi connectivity index (χ4n) is 6.24. The summed E-state index contributed by atoms with van der Waals surface area (Å²) in [6.45, 7) is 14.8. The number of aromatic nitrogens is 1. The minimum Gasteiger partial charge on any atom is -0.465 e. The third-order valence-electron chi connectivity index (χ3n) is 9.23. The second kappa shape index (κ2) is 13.2. The van der Waals surface area contributed by atoms with Crippen molar-refractivity contribution in [3.05, 3.63) is 23.4 Å². The van der Waals surface area contributed by atoms with E-state index in [4.69, 9.17) is 13.9 Å². The number of hydrogen-bond acceptors (Lipinski definition) is 10. The first-order valence-electron chi connectivity index (χ1n) is 14.7. The highest BCUT2D eigenvalue weighted by Crippen LogP contribution is 2.48. The number of aliphatic hydroxyl groups is 2. The second-order valence-corrected chi connectivity index (χ2v) is 12.8. The molecular weight excluding hydrogens is 528 g/mol. The third kappa shape index (κ3) is 7.84. The Labute approximate surface area is 243 Å². The first kappa shape index (κ1) is 32.9. The van der Waals surface area contributed by atoms with Crippen molar-refractivity contribution in [2.24, 2.45) is 17.3 Å². The van der Waals surface area contributed by atoms with Gasteiger partial charge in [-0.2, -0.15) is 0 Å². The van der Waals surface area contributed by atoms with E-state index >= 15 is 0 Å². The van der Waals surface area contributed by atoms with E-state index in [-0.39, 0.29) is 42.3 Å². The zero-order valence-electron chi connectivity index (χ0n) is 25.8. The van der Waals surface area contributed by atoms with Crippen LogP contribution in [0, 0.1) is 24.2 Å². The first-order chi connectivity index (χ1) is 19.1. The van der Waals surface area contributed by atoms with Crippen molar-refractivity contribution in [1.82, 2.24) is 9.88 Å². The SMILES string of the molecule is CC(=O)OCCN1[C@H]2C[C@@H](/C(C)=C/c3coc(C)n3)OC(=O)C[C@H](O)C(C)(C)C(=O)[C@H](C)[C@@H](O)[C@@H](C)CCC[C@]21C. The van der Waals surface area contributed by atoms with Crippen LogP contribution in [0.2, 0.25) is 0 Å². The monoisotopic (exact) mass is 576 g/mol. The Bertz CT molecular complexity index is 1130. The van der Waals surface area contributed by atoms with Crippen molar-refractivity contribution in [2.75, 3.05) is 13.2 Å². The van der Waals surface area contributed by atoms with E-state index in [1.165, 1.54) is 13.2 Å². The molecule has 10 heteroatoms. The summed E-state index contributed by atoms with van der Waals surface area (Å²) < 4.78 is 16.6. The highest BCUT2D eigenvalue weighted by atomic mass is 16.5. The summed E-state index contributed by atoms with van der Waals surface area (Å²) in [5, 5.41) is 22.0. The molecule has 3 heterocycles. The van der Waals surface area contributed by atoms with Gasteiger partial charge in [-0.1, -0.05) is 34.1 Å². The van der Waals surface area contributed by atoms with Crippen molar-refractivity contribution in [1.29, 1.82) is 0 Å². The van der Waals surface area contributed by atoms with Crippen LogP contribution in [-0.4, -0.2) is 80.9 Å². The fourth-order valence-corrected chi connectivity index (χ4v) is 6.24. The predicted molar refractivity (Wildman–Crippen MR) is 153 cm³/mol. The molecule has 230 valence electrons. The third-order valence-corrected chi connectivity index (χ3v) is 9.23. The van der Waals surface area contributed by atoms with Crippen LogP contribution in [0.5, 0.6) is 0 Å². The molecule has 2 N–H and O–H groups in total. The Balaban J connectivity index is 1.93. The van der Waals surface area contributed by atoms with Gasteiger partial charge in [0.05, 0.1) is 24.0 Å². The van der Waals surface area contributed by atoms with Crippen LogP contribution in [0.4, 0.5) is 0 Å². The molecule has 8 atom stereocenters. The van der Waals surface area contributed by atoms with E-state index in [1.54, 1.807) is 27.7 Å². The van der Waals surface area contributed by atoms with Gasteiger partial charge in [0.1, 0.15) is 30.5 Å². The Morgan fingerprint density at radius 3 is 2.51 bits per heavy atom. The average molecular weight is 577 g/mol. The molecule has 10 nitrogen and oxygen atoms in total. The number of ether oxygens (including phenoxy) is 2. The van der Waals surface area contributed by atoms with E-state index in [9.17, 15) is 24.6 Å². The van der Waals surface area contributed by atoms with Crippen LogP contribution in [0.1, 0.15) is 92.2 Å². The van der Waals surface area contributed by atoms with Gasteiger partial charge >= 0.3 is 11.9 Å². The molecule has 0 spiro atoms. The molecule has 0 bridgehead atoms. The molecule has 0 saturated carbocycles. The van der Waals surface area contributed by atoms with E-state index in [0.29, 0.717) is 24.6 Å². The van der Waals surface area contributed by atoms with Crippen LogP contribution in [0.25, 0.3) is 6.08 Å². The Morgan fingerprint density at radius 2 is 1.90 bits per heavy atom. The van der Waals surface area contributed by atoms with E-state index in [2.05, 4.69) is 16.8 Å². The molecule has 2 saturated heterocycles. The second-order valence-electron chi connectivity index (χ2n) is 12.8. The van der Waals surface area contributed by atoms with Gasteiger partial charge in [-0.3, -0.25) is 19.3 Å². The summed E-state index contributed by atoms with van der Waals surface area (Å²) >= 11 is 0. The summed E-state index contributed by atoms with van der Waals surface area (Å²) in [5.74, 6) is -1.55. The number of Topliss-reactive ketones (excluding diaryl/α,β-unsaturated/α-hetero) is 1. The van der Waals surface area contributed by atoms with Gasteiger partial charge in [0.15, 0.2) is 5.89 Å². The van der Waals surface area contributed by atoms with Crippen LogP contribution in [0.15, 0.2) is 16.3 Å². The number of carbonyl (C=O) groups is 3. The van der Waals surface area contributed by atoms with Gasteiger partial charge < -0.3 is 24.1 Å². The number of oxazole rings is 1. The number of esters is 2. The van der Waals surface area contributed by atoms with Gasteiger partial charge in [-0.05, 0) is 44.3 Å². The lowest BCUT2D eigenvalue weighted by Crippen LogP contribution is -2.45. The minimum absolute atomic E-state index is 0.0493. The number of rotatable bonds is 5. The Kier molecular flexibility index (Phi) is 10.6. The van der Waals surface area contributed by atoms with Crippen LogP contribution in [-0.2, 0) is 23.9 Å². The number of aliphatic hydroxyl groups excluding tert-OH is 2. The van der Waals surface area contributed by atoms with Gasteiger partial charge in [-0.25, -0.2) is 4.98 Å². The molecule has 1 aromatic heterocycles. The maximum atomic E-state index is 13.4. The molecule has 41 heavy (non-hydrogen) atoms. The number of nitrogens with zero attached hydrogens (tertiary/aromatic N) is 2. The van der Waals surface area contributed by atoms with Crippen LogP contribution < -0.4 is 0 Å². The van der Waals surface area contributed by atoms with Crippen LogP contribution >= 0.6 is 0 Å². The van der Waals surface area contributed by atoms with Crippen molar-refractivity contribution >= 4 is 23.8 Å². The van der Waals surface area contributed by atoms with Crippen molar-refractivity contribution in [2.45, 2.75) is 117 Å². The largest absolute Gasteiger partial charge is 0.465 e. The lowest BCUT2D eigenvalue weighted by molar-refractivity contribution is -0.154. The predicted octanol–water partition coefficient (Wildman–Crippen LogP) is 3.86. The molecule has 1 aromatic rings. The maximum absolute atomic E-state index is 13.4. The van der Waals surface area contributed by atoms with Gasteiger partial charge in [0, 0.05) is 44.3 Å². The summed E-state index contributed by atoms with van der Waals surface area (Å²) in [6.07, 6.45) is 3.11. The number of carbonyl (C=O) groups excluding carboxylic acids is 3. The summed E-state index contributed by atoms with van der Waals surface area (Å²) in [7, 11) is 0. The molecule has 0 radical (unpaired) electrons. The zero-order valence-corrected chi connectivity index (χ0v) is 25.8. The topological polar surface area (TPSA) is 139 Å². The lowest BCUT2D eigenvalue weighted by atomic mass is 9.73. The van der Waals surface area contributed by atoms with E-state index in [1.807, 2.05) is 19.9 Å². The summed E-state index contributed by atoms with van der Waals surface area (Å²) in [6, 6.07) is 0.0493. The van der Waals surface area contributed by atoms with E-state index < -0.39 is 35.6 Å². The van der Waals surface area contributed by atoms with Crippen molar-refractivity contribution < 1.29 is 38.5 Å². The molecule has 0 aromatic carbocycles. The molecule has 3 rings (SSSR count). The standard InChI is InChI=1S/C31H48N2O8/c1-18-10-9-11-31(8)25(33(31)12-13-39-22(5)34)15-24(19(2)14-23-17-40-21(4)32-23)41-27(36)16-26(35)30(6,7)29(38)20(3)28(18)37/h14,17-18,20,24-26,28,35,37H,9-13,15-16H2,1-8H3/b19-14+/t18-,20+,24-,25-,26-,28-,31+,33?/m0/s1. The fraction of sp³-hybridized carbons (Fsp3) is 0.742. The van der Waals surface area contributed by atoms with Gasteiger partial charge in [0.2, 0.25) is 0 Å². The normalized spacial score (nSPS) is 35.4. The molecule has 2 aliphatic rings. The molecule has 2 aliphatic heterocycles. The highest BCUT2D eigenvalue weighted by Gasteiger charge is 2.58. The molecule has 0 aliphatic carbocycles. The van der Waals surface area contributed by atoms with Crippen molar-refractivity contribution in [3.8, 4) is 0 Å². The highest BCUT2D eigenvalue weighted by molar-refractivity contribution is 5.88. The molecule has 1 unspecified atom stereocenters. The Morgan fingerprint density at radius 1 is 1.22 bits per heavy atom. The van der Waals surface area contributed by atoms with Crippen LogP contribution in [0.3, 0.4) is 0 Å². The smallest absolute Gasteiger partial charge is 0.309 e. The number of fused-ring (bicyclic) bond motifs is 1. The average Bonchev–Trinajstić information content (AvgIpc) is 3.19.